The van der Waals surface area contributed by atoms with E-state index in [1.807, 2.05) is 0 Å². The van der Waals surface area contributed by atoms with Gasteiger partial charge >= 0.3 is 0 Å². The normalized spacial score (nSPS) is 10.8. The highest BCUT2D eigenvalue weighted by Gasteiger charge is 2.15. The van der Waals surface area contributed by atoms with Crippen molar-refractivity contribution in [3.8, 4) is 11.1 Å². The van der Waals surface area contributed by atoms with Gasteiger partial charge in [0.25, 0.3) is 0 Å². The molecule has 1 nitrogen and oxygen atoms in total. The first-order chi connectivity index (χ1) is 9.63. The topological polar surface area (TPSA) is 12.0 Å². The molecule has 2 aromatic carbocycles. The third-order valence-corrected chi connectivity index (χ3v) is 3.28. The van der Waals surface area contributed by atoms with Gasteiger partial charge in [-0.2, -0.15) is 0 Å². The fourth-order valence-electron chi connectivity index (χ4n) is 2.09. The van der Waals surface area contributed by atoms with Gasteiger partial charge < -0.3 is 5.32 Å². The van der Waals surface area contributed by atoms with Gasteiger partial charge in [-0.15, -0.1) is 0 Å². The summed E-state index contributed by atoms with van der Waals surface area (Å²) in [4.78, 5) is 0. The van der Waals surface area contributed by atoms with Gasteiger partial charge in [0.1, 0.15) is 11.6 Å². The first-order valence-corrected chi connectivity index (χ1v) is 6.94. The van der Waals surface area contributed by atoms with Gasteiger partial charge in [0.2, 0.25) is 0 Å². The molecule has 0 heterocycles. The lowest BCUT2D eigenvalue weighted by Crippen LogP contribution is -2.14. The number of benzene rings is 2. The van der Waals surface area contributed by atoms with Gasteiger partial charge in [0.15, 0.2) is 0 Å². The number of hydrogen-bond acceptors (Lipinski definition) is 1. The van der Waals surface area contributed by atoms with Crippen molar-refractivity contribution in [3.05, 3.63) is 58.6 Å². The number of rotatable bonds is 5. The standard InChI is InChI=1S/C16H16ClF2N/c1-2-8-20-10-11-6-7-12(17)9-13(11)16-14(18)4-3-5-15(16)19/h3-7,9,20H,2,8,10H2,1H3. The largest absolute Gasteiger partial charge is 0.313 e. The Labute approximate surface area is 122 Å². The monoisotopic (exact) mass is 295 g/mol. The second-order valence-corrected chi connectivity index (χ2v) is 5.01. The molecule has 0 aliphatic carbocycles. The summed E-state index contributed by atoms with van der Waals surface area (Å²) >= 11 is 5.97. The van der Waals surface area contributed by atoms with Crippen LogP contribution in [0.5, 0.6) is 0 Å². The van der Waals surface area contributed by atoms with E-state index < -0.39 is 11.6 Å². The lowest BCUT2D eigenvalue weighted by molar-refractivity contribution is 0.588. The van der Waals surface area contributed by atoms with Crippen LogP contribution in [0.2, 0.25) is 5.02 Å². The first-order valence-electron chi connectivity index (χ1n) is 6.57. The van der Waals surface area contributed by atoms with Crippen LogP contribution in [0.25, 0.3) is 11.1 Å². The third-order valence-electron chi connectivity index (χ3n) is 3.05. The van der Waals surface area contributed by atoms with Crippen LogP contribution in [0.15, 0.2) is 36.4 Å². The van der Waals surface area contributed by atoms with Crippen molar-refractivity contribution in [2.75, 3.05) is 6.54 Å². The summed E-state index contributed by atoms with van der Waals surface area (Å²) in [5, 5.41) is 3.69. The maximum absolute atomic E-state index is 13.9. The van der Waals surface area contributed by atoms with Crippen LogP contribution >= 0.6 is 11.6 Å². The Morgan fingerprint density at radius 1 is 1.10 bits per heavy atom. The number of halogens is 3. The summed E-state index contributed by atoms with van der Waals surface area (Å²) in [6.45, 7) is 3.46. The maximum Gasteiger partial charge on any atom is 0.133 e. The van der Waals surface area contributed by atoms with Crippen LogP contribution < -0.4 is 5.32 Å². The molecule has 4 heteroatoms. The molecule has 0 saturated heterocycles. The Morgan fingerprint density at radius 2 is 1.80 bits per heavy atom. The Bertz CT molecular complexity index is 579. The molecule has 0 bridgehead atoms. The lowest BCUT2D eigenvalue weighted by atomic mass is 9.98. The highest BCUT2D eigenvalue weighted by atomic mass is 35.5. The Morgan fingerprint density at radius 3 is 2.45 bits per heavy atom. The van der Waals surface area contributed by atoms with Gasteiger partial charge in [-0.05, 0) is 48.4 Å². The first kappa shape index (κ1) is 14.9. The summed E-state index contributed by atoms with van der Waals surface area (Å²) in [5.74, 6) is -1.16. The molecular formula is C16H16ClF2N. The second kappa shape index (κ2) is 6.82. The van der Waals surface area contributed by atoms with Crippen molar-refractivity contribution in [2.45, 2.75) is 19.9 Å². The maximum atomic E-state index is 13.9. The molecular weight excluding hydrogens is 280 g/mol. The quantitative estimate of drug-likeness (QED) is 0.782. The molecule has 0 amide bonds. The smallest absolute Gasteiger partial charge is 0.133 e. The van der Waals surface area contributed by atoms with Gasteiger partial charge in [-0.25, -0.2) is 8.78 Å². The van der Waals surface area contributed by atoms with E-state index in [-0.39, 0.29) is 5.56 Å². The van der Waals surface area contributed by atoms with Gasteiger partial charge in [0, 0.05) is 11.6 Å². The predicted molar refractivity (Wildman–Crippen MR) is 78.8 cm³/mol. The van der Waals surface area contributed by atoms with E-state index in [9.17, 15) is 8.78 Å². The fraction of sp³-hybridized carbons (Fsp3) is 0.250. The molecule has 0 aliphatic heterocycles. The predicted octanol–water partition coefficient (Wildman–Crippen LogP) is 4.78. The molecule has 2 aromatic rings. The van der Waals surface area contributed by atoms with E-state index in [0.717, 1.165) is 18.5 Å². The fourth-order valence-corrected chi connectivity index (χ4v) is 2.26. The van der Waals surface area contributed by atoms with Gasteiger partial charge in [0.05, 0.1) is 5.56 Å². The van der Waals surface area contributed by atoms with Crippen LogP contribution in [-0.2, 0) is 6.54 Å². The van der Waals surface area contributed by atoms with Crippen molar-refractivity contribution < 1.29 is 8.78 Å². The molecule has 106 valence electrons. The van der Waals surface area contributed by atoms with Gasteiger partial charge in [-0.1, -0.05) is 30.7 Å². The molecule has 0 radical (unpaired) electrons. The van der Waals surface area contributed by atoms with Crippen molar-refractivity contribution in [1.82, 2.24) is 5.32 Å². The molecule has 1 N–H and O–H groups in total. The summed E-state index contributed by atoms with van der Waals surface area (Å²) < 4.78 is 27.9. The van der Waals surface area contributed by atoms with E-state index in [1.165, 1.54) is 18.2 Å². The zero-order valence-corrected chi connectivity index (χ0v) is 12.0. The molecule has 0 spiro atoms. The molecule has 0 fully saturated rings. The number of nitrogens with one attached hydrogen (secondary N) is 1. The minimum atomic E-state index is -0.580. The highest BCUT2D eigenvalue weighted by Crippen LogP contribution is 2.31. The summed E-state index contributed by atoms with van der Waals surface area (Å²) in [5.41, 5.74) is 1.30. The minimum absolute atomic E-state index is 0.0247. The molecule has 2 rings (SSSR count). The molecule has 0 saturated carbocycles. The molecule has 0 aromatic heterocycles. The highest BCUT2D eigenvalue weighted by molar-refractivity contribution is 6.30. The van der Waals surface area contributed by atoms with Crippen molar-refractivity contribution in [2.24, 2.45) is 0 Å². The second-order valence-electron chi connectivity index (χ2n) is 4.57. The Balaban J connectivity index is 2.46. The van der Waals surface area contributed by atoms with Crippen molar-refractivity contribution in [1.29, 1.82) is 0 Å². The molecule has 0 aliphatic rings. The molecule has 20 heavy (non-hydrogen) atoms. The molecule has 0 unspecified atom stereocenters. The average molecular weight is 296 g/mol. The van der Waals surface area contributed by atoms with Crippen LogP contribution in [0.3, 0.4) is 0 Å². The van der Waals surface area contributed by atoms with E-state index in [2.05, 4.69) is 12.2 Å². The summed E-state index contributed by atoms with van der Waals surface area (Å²) in [6, 6.07) is 8.99. The summed E-state index contributed by atoms with van der Waals surface area (Å²) in [6.07, 6.45) is 0.997. The average Bonchev–Trinajstić information content (AvgIpc) is 2.41. The van der Waals surface area contributed by atoms with E-state index in [1.54, 1.807) is 18.2 Å². The third kappa shape index (κ3) is 3.35. The van der Waals surface area contributed by atoms with Crippen molar-refractivity contribution >= 4 is 11.6 Å². The van der Waals surface area contributed by atoms with Crippen LogP contribution in [0, 0.1) is 11.6 Å². The van der Waals surface area contributed by atoms with Crippen molar-refractivity contribution in [3.63, 3.8) is 0 Å². The lowest BCUT2D eigenvalue weighted by Gasteiger charge is -2.13. The van der Waals surface area contributed by atoms with E-state index in [0.29, 0.717) is 17.1 Å². The van der Waals surface area contributed by atoms with E-state index >= 15 is 0 Å². The van der Waals surface area contributed by atoms with Crippen LogP contribution in [0.4, 0.5) is 8.78 Å². The minimum Gasteiger partial charge on any atom is -0.313 e. The summed E-state index contributed by atoms with van der Waals surface area (Å²) in [7, 11) is 0. The number of hydrogen-bond donors (Lipinski definition) is 1. The SMILES string of the molecule is CCCNCc1ccc(Cl)cc1-c1c(F)cccc1F. The van der Waals surface area contributed by atoms with Crippen LogP contribution in [0.1, 0.15) is 18.9 Å². The van der Waals surface area contributed by atoms with E-state index in [4.69, 9.17) is 11.6 Å². The van der Waals surface area contributed by atoms with Gasteiger partial charge in [-0.3, -0.25) is 0 Å². The zero-order valence-electron chi connectivity index (χ0n) is 11.2. The Kier molecular flexibility index (Phi) is 5.10. The Hall–Kier alpha value is -1.45. The zero-order chi connectivity index (χ0) is 14.5. The molecule has 0 atom stereocenters. The van der Waals surface area contributed by atoms with Crippen LogP contribution in [-0.4, -0.2) is 6.54 Å².